The van der Waals surface area contributed by atoms with Crippen LogP contribution in [-0.2, 0) is 4.79 Å². The summed E-state index contributed by atoms with van der Waals surface area (Å²) in [6.07, 6.45) is 7.30. The van der Waals surface area contributed by atoms with E-state index < -0.39 is 0 Å². The van der Waals surface area contributed by atoms with E-state index in [0.717, 1.165) is 45.4 Å². The van der Waals surface area contributed by atoms with E-state index >= 15 is 0 Å². The van der Waals surface area contributed by atoms with Crippen molar-refractivity contribution in [3.63, 3.8) is 0 Å². The molecule has 1 aliphatic heterocycles. The minimum absolute atomic E-state index is 0.213. The summed E-state index contributed by atoms with van der Waals surface area (Å²) in [5.41, 5.74) is 6.13. The first-order valence-electron chi connectivity index (χ1n) is 6.97. The van der Waals surface area contributed by atoms with Crippen molar-refractivity contribution in [2.45, 2.75) is 50.5 Å². The highest BCUT2D eigenvalue weighted by Crippen LogP contribution is 2.29. The summed E-state index contributed by atoms with van der Waals surface area (Å²) >= 11 is 0. The number of carbonyl (C=O) groups is 1. The standard InChI is InChI=1S/C13H25N3O/c14-13(5-2-1-3-6-13)11-12(17)16-9-4-7-15-8-10-16/h15H,1-11,14H2. The van der Waals surface area contributed by atoms with Gasteiger partial charge in [0.2, 0.25) is 5.91 Å². The lowest BCUT2D eigenvalue weighted by atomic mass is 9.80. The Kier molecular flexibility index (Phi) is 4.40. The minimum Gasteiger partial charge on any atom is -0.341 e. The van der Waals surface area contributed by atoms with Crippen LogP contribution in [0.2, 0.25) is 0 Å². The Morgan fingerprint density at radius 3 is 2.65 bits per heavy atom. The highest BCUT2D eigenvalue weighted by molar-refractivity contribution is 5.77. The van der Waals surface area contributed by atoms with Gasteiger partial charge in [0.25, 0.3) is 0 Å². The molecule has 3 N–H and O–H groups in total. The van der Waals surface area contributed by atoms with Gasteiger partial charge in [-0.15, -0.1) is 0 Å². The summed E-state index contributed by atoms with van der Waals surface area (Å²) in [4.78, 5) is 14.2. The molecule has 1 heterocycles. The van der Waals surface area contributed by atoms with Crippen molar-refractivity contribution in [2.24, 2.45) is 5.73 Å². The highest BCUT2D eigenvalue weighted by atomic mass is 16.2. The predicted octanol–water partition coefficient (Wildman–Crippen LogP) is 0.860. The fraction of sp³-hybridized carbons (Fsp3) is 0.923. The SMILES string of the molecule is NC1(CC(=O)N2CCCNCC2)CCCCC1. The summed E-state index contributed by atoms with van der Waals surface area (Å²) in [6.45, 7) is 3.68. The van der Waals surface area contributed by atoms with Gasteiger partial charge in [-0.2, -0.15) is 0 Å². The molecule has 0 aromatic carbocycles. The molecule has 0 atom stereocenters. The molecule has 1 aliphatic carbocycles. The fourth-order valence-corrected chi connectivity index (χ4v) is 2.94. The van der Waals surface area contributed by atoms with Crippen LogP contribution in [0.4, 0.5) is 0 Å². The molecule has 2 aliphatic rings. The number of amides is 1. The van der Waals surface area contributed by atoms with E-state index in [-0.39, 0.29) is 11.4 Å². The number of nitrogens with two attached hydrogens (primary N) is 1. The van der Waals surface area contributed by atoms with Gasteiger partial charge in [-0.05, 0) is 25.8 Å². The largest absolute Gasteiger partial charge is 0.341 e. The average molecular weight is 239 g/mol. The van der Waals surface area contributed by atoms with Crippen molar-refractivity contribution in [3.8, 4) is 0 Å². The molecular formula is C13H25N3O. The number of nitrogens with zero attached hydrogens (tertiary/aromatic N) is 1. The van der Waals surface area contributed by atoms with Crippen LogP contribution in [0.5, 0.6) is 0 Å². The lowest BCUT2D eigenvalue weighted by Gasteiger charge is -2.34. The number of hydrogen-bond acceptors (Lipinski definition) is 3. The molecule has 1 amide bonds. The molecule has 98 valence electrons. The molecule has 0 aromatic rings. The Morgan fingerprint density at radius 2 is 1.88 bits per heavy atom. The van der Waals surface area contributed by atoms with Crippen molar-refractivity contribution in [3.05, 3.63) is 0 Å². The predicted molar refractivity (Wildman–Crippen MR) is 68.7 cm³/mol. The maximum atomic E-state index is 12.2. The molecule has 0 spiro atoms. The summed E-state index contributed by atoms with van der Waals surface area (Å²) in [6, 6.07) is 0. The van der Waals surface area contributed by atoms with Gasteiger partial charge in [0.05, 0.1) is 0 Å². The van der Waals surface area contributed by atoms with Gasteiger partial charge in [0.1, 0.15) is 0 Å². The lowest BCUT2D eigenvalue weighted by Crippen LogP contribution is -2.47. The van der Waals surface area contributed by atoms with Crippen molar-refractivity contribution < 1.29 is 4.79 Å². The molecular weight excluding hydrogens is 214 g/mol. The average Bonchev–Trinajstić information content (AvgIpc) is 2.57. The second-order valence-corrected chi connectivity index (χ2v) is 5.58. The first-order valence-corrected chi connectivity index (χ1v) is 6.97. The van der Waals surface area contributed by atoms with Gasteiger partial charge in [0.15, 0.2) is 0 Å². The first-order chi connectivity index (χ1) is 8.20. The fourth-order valence-electron chi connectivity index (χ4n) is 2.94. The third kappa shape index (κ3) is 3.68. The van der Waals surface area contributed by atoms with Crippen molar-refractivity contribution in [1.29, 1.82) is 0 Å². The second kappa shape index (κ2) is 5.83. The van der Waals surface area contributed by atoms with Crippen LogP contribution in [0.25, 0.3) is 0 Å². The van der Waals surface area contributed by atoms with E-state index in [1.165, 1.54) is 19.3 Å². The molecule has 0 bridgehead atoms. The summed E-state index contributed by atoms with van der Waals surface area (Å²) < 4.78 is 0. The molecule has 2 rings (SSSR count). The van der Waals surface area contributed by atoms with Gasteiger partial charge >= 0.3 is 0 Å². The number of hydrogen-bond donors (Lipinski definition) is 2. The zero-order valence-electron chi connectivity index (χ0n) is 10.7. The Balaban J connectivity index is 1.86. The van der Waals surface area contributed by atoms with Gasteiger partial charge in [-0.3, -0.25) is 4.79 Å². The third-order valence-electron chi connectivity index (χ3n) is 4.05. The third-order valence-corrected chi connectivity index (χ3v) is 4.05. The first kappa shape index (κ1) is 12.8. The molecule has 1 saturated heterocycles. The topological polar surface area (TPSA) is 58.4 Å². The van der Waals surface area contributed by atoms with E-state index in [4.69, 9.17) is 5.73 Å². The molecule has 2 fully saturated rings. The zero-order valence-corrected chi connectivity index (χ0v) is 10.7. The van der Waals surface area contributed by atoms with Crippen LogP contribution in [0.15, 0.2) is 0 Å². The molecule has 17 heavy (non-hydrogen) atoms. The smallest absolute Gasteiger partial charge is 0.224 e. The van der Waals surface area contributed by atoms with Crippen LogP contribution in [-0.4, -0.2) is 42.5 Å². The van der Waals surface area contributed by atoms with Gasteiger partial charge < -0.3 is 16.0 Å². The Labute approximate surface area is 104 Å². The van der Waals surface area contributed by atoms with Crippen LogP contribution in [0, 0.1) is 0 Å². The second-order valence-electron chi connectivity index (χ2n) is 5.58. The number of nitrogens with one attached hydrogen (secondary N) is 1. The Morgan fingerprint density at radius 1 is 1.12 bits per heavy atom. The molecule has 0 unspecified atom stereocenters. The van der Waals surface area contributed by atoms with E-state index in [2.05, 4.69) is 5.32 Å². The van der Waals surface area contributed by atoms with Crippen LogP contribution in [0.1, 0.15) is 44.9 Å². The quantitative estimate of drug-likeness (QED) is 0.751. The zero-order chi connectivity index (χ0) is 12.1. The van der Waals surface area contributed by atoms with E-state index in [9.17, 15) is 4.79 Å². The highest BCUT2D eigenvalue weighted by Gasteiger charge is 2.31. The maximum Gasteiger partial charge on any atom is 0.224 e. The van der Waals surface area contributed by atoms with Gasteiger partial charge in [-0.1, -0.05) is 19.3 Å². The van der Waals surface area contributed by atoms with Crippen LogP contribution in [0.3, 0.4) is 0 Å². The summed E-state index contributed by atoms with van der Waals surface area (Å²) in [5, 5.41) is 3.32. The van der Waals surface area contributed by atoms with E-state index in [1.807, 2.05) is 4.90 Å². The van der Waals surface area contributed by atoms with Crippen molar-refractivity contribution in [2.75, 3.05) is 26.2 Å². The van der Waals surface area contributed by atoms with E-state index in [0.29, 0.717) is 6.42 Å². The molecule has 0 radical (unpaired) electrons. The summed E-state index contributed by atoms with van der Waals surface area (Å²) in [5.74, 6) is 0.262. The molecule has 0 aromatic heterocycles. The number of carbonyl (C=O) groups excluding carboxylic acids is 1. The van der Waals surface area contributed by atoms with Crippen molar-refractivity contribution in [1.82, 2.24) is 10.2 Å². The Hall–Kier alpha value is -0.610. The summed E-state index contributed by atoms with van der Waals surface area (Å²) in [7, 11) is 0. The number of rotatable bonds is 2. The molecule has 4 heteroatoms. The van der Waals surface area contributed by atoms with Crippen LogP contribution >= 0.6 is 0 Å². The minimum atomic E-state index is -0.213. The maximum absolute atomic E-state index is 12.2. The van der Waals surface area contributed by atoms with E-state index in [1.54, 1.807) is 0 Å². The molecule has 4 nitrogen and oxygen atoms in total. The van der Waals surface area contributed by atoms with Gasteiger partial charge in [0, 0.05) is 31.6 Å². The van der Waals surface area contributed by atoms with Crippen molar-refractivity contribution >= 4 is 5.91 Å². The normalized spacial score (nSPS) is 25.4. The lowest BCUT2D eigenvalue weighted by molar-refractivity contribution is -0.132. The van der Waals surface area contributed by atoms with Gasteiger partial charge in [-0.25, -0.2) is 0 Å². The molecule has 1 saturated carbocycles. The van der Waals surface area contributed by atoms with Crippen LogP contribution < -0.4 is 11.1 Å². The Bertz CT molecular complexity index is 253. The monoisotopic (exact) mass is 239 g/mol.